The summed E-state index contributed by atoms with van der Waals surface area (Å²) in [4.78, 5) is 2.07. The van der Waals surface area contributed by atoms with E-state index in [0.717, 1.165) is 17.7 Å². The van der Waals surface area contributed by atoms with Crippen LogP contribution in [0.5, 0.6) is 0 Å². The highest BCUT2D eigenvalue weighted by molar-refractivity contribution is 5.48. The van der Waals surface area contributed by atoms with Gasteiger partial charge in [-0.3, -0.25) is 0 Å². The number of nitriles is 1. The Morgan fingerprint density at radius 2 is 1.55 bits per heavy atom. The normalized spacial score (nSPS) is 11.8. The predicted octanol–water partition coefficient (Wildman–Crippen LogP) is 4.53. The van der Waals surface area contributed by atoms with Crippen molar-refractivity contribution in [3.8, 4) is 6.07 Å². The molecule has 1 atom stereocenters. The summed E-state index contributed by atoms with van der Waals surface area (Å²) in [5.41, 5.74) is 7.39. The highest BCUT2D eigenvalue weighted by Gasteiger charge is 2.15. The van der Waals surface area contributed by atoms with Crippen LogP contribution >= 0.6 is 0 Å². The molecule has 0 bridgehead atoms. The fourth-order valence-electron chi connectivity index (χ4n) is 2.98. The minimum atomic E-state index is -0.101. The number of hydrogen-bond donors (Lipinski definition) is 0. The van der Waals surface area contributed by atoms with E-state index in [1.807, 2.05) is 14.1 Å². The number of aryl methyl sites for hydroxylation is 3. The van der Waals surface area contributed by atoms with Crippen molar-refractivity contribution in [2.24, 2.45) is 0 Å². The van der Waals surface area contributed by atoms with E-state index in [1.165, 1.54) is 22.3 Å². The molecule has 2 rings (SSSR count). The van der Waals surface area contributed by atoms with E-state index in [4.69, 9.17) is 0 Å². The van der Waals surface area contributed by atoms with Crippen molar-refractivity contribution in [2.75, 3.05) is 19.0 Å². The lowest BCUT2D eigenvalue weighted by molar-refractivity contribution is 0.835. The molecule has 0 aliphatic heterocycles. The van der Waals surface area contributed by atoms with Crippen LogP contribution in [0.3, 0.4) is 0 Å². The summed E-state index contributed by atoms with van der Waals surface area (Å²) < 4.78 is 0. The second kappa shape index (κ2) is 6.66. The molecule has 0 aliphatic carbocycles. The number of hydrogen-bond acceptors (Lipinski definition) is 2. The van der Waals surface area contributed by atoms with E-state index in [2.05, 4.69) is 68.1 Å². The summed E-state index contributed by atoms with van der Waals surface area (Å²) in [7, 11) is 4.05. The van der Waals surface area contributed by atoms with Gasteiger partial charge in [0.1, 0.15) is 0 Å². The maximum absolute atomic E-state index is 9.60. The van der Waals surface area contributed by atoms with E-state index in [1.54, 1.807) is 0 Å². The van der Waals surface area contributed by atoms with E-state index >= 15 is 0 Å². The first-order valence-electron chi connectivity index (χ1n) is 7.66. The molecule has 114 valence electrons. The van der Waals surface area contributed by atoms with Crippen molar-refractivity contribution < 1.29 is 0 Å². The van der Waals surface area contributed by atoms with Crippen molar-refractivity contribution in [2.45, 2.75) is 33.1 Å². The molecular weight excluding hydrogens is 268 g/mol. The van der Waals surface area contributed by atoms with Crippen molar-refractivity contribution in [3.63, 3.8) is 0 Å². The maximum Gasteiger partial charge on any atom is 0.0753 e. The summed E-state index contributed by atoms with van der Waals surface area (Å²) in [5, 5.41) is 9.60. The van der Waals surface area contributed by atoms with Crippen molar-refractivity contribution >= 4 is 5.69 Å². The second-order valence-corrected chi connectivity index (χ2v) is 6.25. The SMILES string of the molecule is Cc1cc(C)c(CC(C#N)c2ccc(N(C)C)cc2)c(C)c1. The van der Waals surface area contributed by atoms with Gasteiger partial charge in [-0.2, -0.15) is 5.26 Å². The van der Waals surface area contributed by atoms with Gasteiger partial charge < -0.3 is 4.90 Å². The molecule has 0 N–H and O–H groups in total. The van der Waals surface area contributed by atoms with Gasteiger partial charge in [-0.15, -0.1) is 0 Å². The molecule has 2 aromatic rings. The monoisotopic (exact) mass is 292 g/mol. The van der Waals surface area contributed by atoms with Crippen LogP contribution in [0.25, 0.3) is 0 Å². The lowest BCUT2D eigenvalue weighted by atomic mass is 9.88. The third kappa shape index (κ3) is 3.49. The molecule has 2 aromatic carbocycles. The van der Waals surface area contributed by atoms with Gasteiger partial charge in [-0.05, 0) is 61.6 Å². The molecule has 2 heteroatoms. The van der Waals surface area contributed by atoms with Crippen LogP contribution in [0.2, 0.25) is 0 Å². The zero-order valence-electron chi connectivity index (χ0n) is 14.1. The molecular formula is C20H24N2. The molecule has 0 aromatic heterocycles. The van der Waals surface area contributed by atoms with Crippen molar-refractivity contribution in [1.29, 1.82) is 5.26 Å². The van der Waals surface area contributed by atoms with Crippen LogP contribution in [0.1, 0.15) is 33.7 Å². The van der Waals surface area contributed by atoms with Gasteiger partial charge in [-0.1, -0.05) is 29.8 Å². The Morgan fingerprint density at radius 1 is 1.00 bits per heavy atom. The van der Waals surface area contributed by atoms with Crippen molar-refractivity contribution in [1.82, 2.24) is 0 Å². The molecule has 0 saturated carbocycles. The molecule has 0 aliphatic rings. The Hall–Kier alpha value is -2.27. The zero-order chi connectivity index (χ0) is 16.3. The second-order valence-electron chi connectivity index (χ2n) is 6.25. The standard InChI is InChI=1S/C20H24N2/c1-14-10-15(2)20(16(3)11-14)12-18(13-21)17-6-8-19(9-7-17)22(4)5/h6-11,18H,12H2,1-5H3. The summed E-state index contributed by atoms with van der Waals surface area (Å²) in [6.45, 7) is 6.39. The maximum atomic E-state index is 9.60. The van der Waals surface area contributed by atoms with E-state index in [0.29, 0.717) is 0 Å². The van der Waals surface area contributed by atoms with Gasteiger partial charge in [0.2, 0.25) is 0 Å². The summed E-state index contributed by atoms with van der Waals surface area (Å²) in [6, 6.07) is 15.2. The van der Waals surface area contributed by atoms with Gasteiger partial charge in [-0.25, -0.2) is 0 Å². The van der Waals surface area contributed by atoms with Gasteiger partial charge >= 0.3 is 0 Å². The molecule has 0 saturated heterocycles. The van der Waals surface area contributed by atoms with Crippen LogP contribution in [0, 0.1) is 32.1 Å². The highest BCUT2D eigenvalue weighted by atomic mass is 15.1. The highest BCUT2D eigenvalue weighted by Crippen LogP contribution is 2.26. The van der Waals surface area contributed by atoms with Crippen LogP contribution in [-0.2, 0) is 6.42 Å². The first-order valence-corrected chi connectivity index (χ1v) is 7.66. The molecule has 0 amide bonds. The Balaban J connectivity index is 2.29. The predicted molar refractivity (Wildman–Crippen MR) is 93.5 cm³/mol. The Bertz CT molecular complexity index is 668. The quantitative estimate of drug-likeness (QED) is 0.828. The first kappa shape index (κ1) is 16.1. The largest absolute Gasteiger partial charge is 0.378 e. The Kier molecular flexibility index (Phi) is 4.88. The van der Waals surface area contributed by atoms with E-state index in [-0.39, 0.29) is 5.92 Å². The fourth-order valence-corrected chi connectivity index (χ4v) is 2.98. The lowest BCUT2D eigenvalue weighted by Gasteiger charge is -2.17. The fraction of sp³-hybridized carbons (Fsp3) is 0.350. The van der Waals surface area contributed by atoms with Crippen LogP contribution < -0.4 is 4.90 Å². The minimum Gasteiger partial charge on any atom is -0.378 e. The number of nitrogens with zero attached hydrogens (tertiary/aromatic N) is 2. The molecule has 1 unspecified atom stereocenters. The van der Waals surface area contributed by atoms with Gasteiger partial charge in [0, 0.05) is 19.8 Å². The molecule has 0 fully saturated rings. The molecule has 0 heterocycles. The number of anilines is 1. The average Bonchev–Trinajstić information content (AvgIpc) is 2.47. The van der Waals surface area contributed by atoms with E-state index < -0.39 is 0 Å². The zero-order valence-corrected chi connectivity index (χ0v) is 14.1. The van der Waals surface area contributed by atoms with Gasteiger partial charge in [0.15, 0.2) is 0 Å². The third-order valence-corrected chi connectivity index (χ3v) is 4.22. The third-order valence-electron chi connectivity index (χ3n) is 4.22. The number of rotatable bonds is 4. The molecule has 2 nitrogen and oxygen atoms in total. The van der Waals surface area contributed by atoms with Gasteiger partial charge in [0.25, 0.3) is 0 Å². The Labute approximate surface area is 134 Å². The van der Waals surface area contributed by atoms with Gasteiger partial charge in [0.05, 0.1) is 12.0 Å². The van der Waals surface area contributed by atoms with Crippen LogP contribution in [0.4, 0.5) is 5.69 Å². The number of benzene rings is 2. The van der Waals surface area contributed by atoms with Crippen LogP contribution in [-0.4, -0.2) is 14.1 Å². The van der Waals surface area contributed by atoms with E-state index in [9.17, 15) is 5.26 Å². The van der Waals surface area contributed by atoms with Crippen LogP contribution in [0.15, 0.2) is 36.4 Å². The Morgan fingerprint density at radius 3 is 2.00 bits per heavy atom. The molecule has 22 heavy (non-hydrogen) atoms. The molecule has 0 radical (unpaired) electrons. The smallest absolute Gasteiger partial charge is 0.0753 e. The minimum absolute atomic E-state index is 0.101. The summed E-state index contributed by atoms with van der Waals surface area (Å²) >= 11 is 0. The van der Waals surface area contributed by atoms with Crippen molar-refractivity contribution in [3.05, 3.63) is 64.2 Å². The summed E-state index contributed by atoms with van der Waals surface area (Å²) in [5.74, 6) is -0.101. The summed E-state index contributed by atoms with van der Waals surface area (Å²) in [6.07, 6.45) is 0.774. The first-order chi connectivity index (χ1) is 10.4. The average molecular weight is 292 g/mol. The lowest BCUT2D eigenvalue weighted by Crippen LogP contribution is -2.09. The molecule has 0 spiro atoms. The topological polar surface area (TPSA) is 27.0 Å².